The van der Waals surface area contributed by atoms with Gasteiger partial charge in [0.15, 0.2) is 5.96 Å². The van der Waals surface area contributed by atoms with Crippen molar-refractivity contribution in [1.82, 2.24) is 15.1 Å². The highest BCUT2D eigenvalue weighted by atomic mass is 16.4. The first-order valence-electron chi connectivity index (χ1n) is 12.8. The summed E-state index contributed by atoms with van der Waals surface area (Å²) < 4.78 is 0. The van der Waals surface area contributed by atoms with Crippen LogP contribution in [0.25, 0.3) is 0 Å². The molecular formula is C25H37N7O6. The lowest BCUT2D eigenvalue weighted by atomic mass is 10.0. The number of hydrogen-bond acceptors (Lipinski definition) is 7. The van der Waals surface area contributed by atoms with E-state index in [1.54, 1.807) is 12.1 Å². The third-order valence-electron chi connectivity index (χ3n) is 6.93. The maximum atomic E-state index is 13.6. The van der Waals surface area contributed by atoms with Gasteiger partial charge in [-0.15, -0.1) is 0 Å². The molecular weight excluding hydrogens is 494 g/mol. The summed E-state index contributed by atoms with van der Waals surface area (Å²) in [6.07, 6.45) is 2.77. The van der Waals surface area contributed by atoms with E-state index in [2.05, 4.69) is 10.3 Å². The van der Waals surface area contributed by atoms with Crippen LogP contribution >= 0.6 is 0 Å². The number of phenols is 1. The Balaban J connectivity index is 1.72. The van der Waals surface area contributed by atoms with Crippen molar-refractivity contribution in [2.45, 2.75) is 69.1 Å². The Morgan fingerprint density at radius 2 is 1.66 bits per heavy atom. The van der Waals surface area contributed by atoms with Crippen molar-refractivity contribution in [2.24, 2.45) is 22.2 Å². The molecule has 0 radical (unpaired) electrons. The summed E-state index contributed by atoms with van der Waals surface area (Å²) >= 11 is 0. The van der Waals surface area contributed by atoms with Crippen LogP contribution in [0.5, 0.6) is 5.75 Å². The van der Waals surface area contributed by atoms with Gasteiger partial charge in [-0.05, 0) is 62.6 Å². The van der Waals surface area contributed by atoms with Gasteiger partial charge in [0.2, 0.25) is 17.7 Å². The van der Waals surface area contributed by atoms with Gasteiger partial charge in [0.25, 0.3) is 0 Å². The van der Waals surface area contributed by atoms with Gasteiger partial charge in [0.05, 0.1) is 6.04 Å². The number of benzene rings is 1. The Hall–Kier alpha value is -3.87. The van der Waals surface area contributed by atoms with Crippen LogP contribution in [-0.4, -0.2) is 93.5 Å². The predicted molar refractivity (Wildman–Crippen MR) is 139 cm³/mol. The fourth-order valence-electron chi connectivity index (χ4n) is 4.98. The Bertz CT molecular complexity index is 1040. The molecule has 13 heteroatoms. The van der Waals surface area contributed by atoms with Gasteiger partial charge in [0.1, 0.15) is 23.9 Å². The number of carboxylic acids is 1. The smallest absolute Gasteiger partial charge is 0.326 e. The average Bonchev–Trinajstić information content (AvgIpc) is 3.56. The first kappa shape index (κ1) is 28.7. The molecule has 0 aromatic heterocycles. The van der Waals surface area contributed by atoms with Crippen molar-refractivity contribution in [3.63, 3.8) is 0 Å². The van der Waals surface area contributed by atoms with Crippen LogP contribution in [0.15, 0.2) is 29.3 Å². The number of aliphatic imine (C=N–C) groups is 1. The number of aromatic hydroxyl groups is 1. The highest BCUT2D eigenvalue weighted by Crippen LogP contribution is 2.26. The third kappa shape index (κ3) is 7.34. The van der Waals surface area contributed by atoms with Crippen LogP contribution in [0, 0.1) is 0 Å². The van der Waals surface area contributed by atoms with E-state index in [9.17, 15) is 29.4 Å². The highest BCUT2D eigenvalue weighted by molar-refractivity contribution is 5.94. The number of likely N-dealkylation sites (tertiary alicyclic amines) is 2. The number of carboxylic acid groups (broad SMARTS) is 1. The van der Waals surface area contributed by atoms with Gasteiger partial charge in [-0.1, -0.05) is 12.1 Å². The Labute approximate surface area is 221 Å². The van der Waals surface area contributed by atoms with E-state index in [1.807, 2.05) is 0 Å². The molecule has 4 unspecified atom stereocenters. The summed E-state index contributed by atoms with van der Waals surface area (Å²) in [5, 5.41) is 21.7. The number of nitrogens with two attached hydrogens (primary N) is 3. The molecule has 13 nitrogen and oxygen atoms in total. The molecule has 1 aromatic carbocycles. The van der Waals surface area contributed by atoms with Crippen LogP contribution in [0.4, 0.5) is 0 Å². The summed E-state index contributed by atoms with van der Waals surface area (Å²) in [7, 11) is 0. The summed E-state index contributed by atoms with van der Waals surface area (Å²) in [4.78, 5) is 58.2. The number of aliphatic carboxylic acids is 1. The standard InChI is InChI=1S/C25H37N7O6/c26-17(14-15-7-9-16(33)10-8-15)21(34)30-18(4-1-11-29-25(27)28)22(35)31-12-2-5-19(31)23(36)32-13-3-6-20(32)24(37)38/h7-10,17-20,33H,1-6,11-14,26H2,(H,30,34)(H,37,38)(H4,27,28,29). The molecule has 2 aliphatic heterocycles. The molecule has 0 bridgehead atoms. The lowest BCUT2D eigenvalue weighted by molar-refractivity contribution is -0.152. The maximum Gasteiger partial charge on any atom is 0.326 e. The van der Waals surface area contributed by atoms with Gasteiger partial charge in [-0.2, -0.15) is 0 Å². The molecule has 4 atom stereocenters. The van der Waals surface area contributed by atoms with Crippen molar-refractivity contribution in [2.75, 3.05) is 19.6 Å². The van der Waals surface area contributed by atoms with Crippen molar-refractivity contribution < 1.29 is 29.4 Å². The van der Waals surface area contributed by atoms with E-state index in [-0.39, 0.29) is 37.0 Å². The molecule has 2 aliphatic rings. The first-order valence-corrected chi connectivity index (χ1v) is 12.8. The minimum absolute atomic E-state index is 0.0865. The molecule has 0 saturated carbocycles. The first-order chi connectivity index (χ1) is 18.1. The van der Waals surface area contributed by atoms with Crippen LogP contribution in [0.3, 0.4) is 0 Å². The van der Waals surface area contributed by atoms with E-state index in [4.69, 9.17) is 17.2 Å². The molecule has 1 aromatic rings. The van der Waals surface area contributed by atoms with Crippen molar-refractivity contribution in [3.05, 3.63) is 29.8 Å². The molecule has 0 aliphatic carbocycles. The van der Waals surface area contributed by atoms with E-state index < -0.39 is 42.0 Å². The maximum absolute atomic E-state index is 13.6. The molecule has 2 heterocycles. The van der Waals surface area contributed by atoms with Gasteiger partial charge >= 0.3 is 5.97 Å². The zero-order chi connectivity index (χ0) is 27.8. The van der Waals surface area contributed by atoms with Crippen LogP contribution in [-0.2, 0) is 25.6 Å². The van der Waals surface area contributed by atoms with Gasteiger partial charge in [-0.25, -0.2) is 4.79 Å². The van der Waals surface area contributed by atoms with Crippen molar-refractivity contribution in [3.8, 4) is 5.75 Å². The molecule has 9 N–H and O–H groups in total. The average molecular weight is 532 g/mol. The summed E-state index contributed by atoms with van der Waals surface area (Å²) in [5.74, 6) is -2.39. The van der Waals surface area contributed by atoms with Gasteiger partial charge in [-0.3, -0.25) is 19.4 Å². The monoisotopic (exact) mass is 531 g/mol. The quantitative estimate of drug-likeness (QED) is 0.115. The number of phenolic OH excluding ortho intramolecular Hbond substituents is 1. The van der Waals surface area contributed by atoms with Crippen molar-refractivity contribution >= 4 is 29.7 Å². The fourth-order valence-corrected chi connectivity index (χ4v) is 4.98. The van der Waals surface area contributed by atoms with Crippen LogP contribution in [0.1, 0.15) is 44.1 Å². The second-order valence-corrected chi connectivity index (χ2v) is 9.70. The third-order valence-corrected chi connectivity index (χ3v) is 6.93. The fraction of sp³-hybridized carbons (Fsp3) is 0.560. The lowest BCUT2D eigenvalue weighted by Gasteiger charge is -2.32. The normalized spacial score (nSPS) is 20.6. The summed E-state index contributed by atoms with van der Waals surface area (Å²) in [6.45, 7) is 0.901. The molecule has 2 saturated heterocycles. The molecule has 2 fully saturated rings. The number of rotatable bonds is 11. The van der Waals surface area contributed by atoms with Gasteiger partial charge < -0.3 is 42.5 Å². The largest absolute Gasteiger partial charge is 0.508 e. The number of guanidine groups is 1. The van der Waals surface area contributed by atoms with Gasteiger partial charge in [0, 0.05) is 19.6 Å². The second kappa shape index (κ2) is 13.1. The Morgan fingerprint density at radius 3 is 2.29 bits per heavy atom. The van der Waals surface area contributed by atoms with E-state index in [0.29, 0.717) is 45.2 Å². The molecule has 3 amide bonds. The zero-order valence-corrected chi connectivity index (χ0v) is 21.3. The van der Waals surface area contributed by atoms with E-state index in [0.717, 1.165) is 5.56 Å². The second-order valence-electron chi connectivity index (χ2n) is 9.70. The molecule has 208 valence electrons. The van der Waals surface area contributed by atoms with Crippen molar-refractivity contribution in [1.29, 1.82) is 0 Å². The Morgan fingerprint density at radius 1 is 1.03 bits per heavy atom. The number of nitrogens with one attached hydrogen (secondary N) is 1. The summed E-state index contributed by atoms with van der Waals surface area (Å²) in [5.41, 5.74) is 17.6. The molecule has 0 spiro atoms. The number of hydrogen-bond donors (Lipinski definition) is 6. The molecule has 3 rings (SSSR count). The Kier molecular flexibility index (Phi) is 9.88. The van der Waals surface area contributed by atoms with Crippen LogP contribution in [0.2, 0.25) is 0 Å². The number of carbonyl (C=O) groups is 4. The highest BCUT2D eigenvalue weighted by Gasteiger charge is 2.43. The van der Waals surface area contributed by atoms with Crippen LogP contribution < -0.4 is 22.5 Å². The zero-order valence-electron chi connectivity index (χ0n) is 21.3. The predicted octanol–water partition coefficient (Wildman–Crippen LogP) is -1.13. The number of amides is 3. The van der Waals surface area contributed by atoms with E-state index in [1.165, 1.54) is 21.9 Å². The number of carbonyl (C=O) groups excluding carboxylic acids is 3. The van der Waals surface area contributed by atoms with E-state index >= 15 is 0 Å². The SMILES string of the molecule is NC(N)=NCCCC(NC(=O)C(N)Cc1ccc(O)cc1)C(=O)N1CCCC1C(=O)N1CCCC1C(=O)O. The lowest BCUT2D eigenvalue weighted by Crippen LogP contribution is -2.57. The number of nitrogens with zero attached hydrogens (tertiary/aromatic N) is 3. The topological polar surface area (TPSA) is 218 Å². The molecule has 38 heavy (non-hydrogen) atoms. The minimum Gasteiger partial charge on any atom is -0.508 e. The summed E-state index contributed by atoms with van der Waals surface area (Å²) in [6, 6.07) is 2.70. The minimum atomic E-state index is -1.06.